The lowest BCUT2D eigenvalue weighted by atomic mass is 9.93. The van der Waals surface area contributed by atoms with Crippen molar-refractivity contribution in [2.24, 2.45) is 10.7 Å². The first-order valence-corrected chi connectivity index (χ1v) is 11.9. The van der Waals surface area contributed by atoms with Crippen LogP contribution in [0.25, 0.3) is 17.2 Å². The maximum atomic E-state index is 13.1. The number of benzene rings is 3. The van der Waals surface area contributed by atoms with Gasteiger partial charge in [0.15, 0.2) is 0 Å². The number of carbonyl (C=O) groups excluding carboxylic acids is 1. The Balaban J connectivity index is 1.57. The van der Waals surface area contributed by atoms with Gasteiger partial charge in [0.1, 0.15) is 12.0 Å². The molecule has 188 valence electrons. The highest BCUT2D eigenvalue weighted by molar-refractivity contribution is 5.97. The number of nitrogens with zero attached hydrogens (tertiary/aromatic N) is 2. The lowest BCUT2D eigenvalue weighted by Gasteiger charge is -2.27. The standard InChI is InChI=1S/C30H30N4O3/c1-21(37-29(32-3)30(2,31)19-22-10-6-4-7-11-22)24-16-25(18-26(17-24)28-33-14-15-36-28)27(35)34-20-23-12-8-5-9-13-23/h4-18H,1,19-20,31H2,2-3H3,(H,34,35)/t30-/m1/s1. The molecule has 3 aromatic carbocycles. The van der Waals surface area contributed by atoms with Crippen molar-refractivity contribution < 1.29 is 13.9 Å². The highest BCUT2D eigenvalue weighted by Crippen LogP contribution is 2.27. The number of carbonyl (C=O) groups is 1. The van der Waals surface area contributed by atoms with Crippen molar-refractivity contribution in [1.29, 1.82) is 0 Å². The van der Waals surface area contributed by atoms with E-state index in [4.69, 9.17) is 14.9 Å². The van der Waals surface area contributed by atoms with Crippen LogP contribution < -0.4 is 11.1 Å². The fourth-order valence-electron chi connectivity index (χ4n) is 3.98. The van der Waals surface area contributed by atoms with Gasteiger partial charge in [0.05, 0.1) is 11.7 Å². The zero-order valence-electron chi connectivity index (χ0n) is 21.0. The van der Waals surface area contributed by atoms with Gasteiger partial charge in [0.2, 0.25) is 11.8 Å². The van der Waals surface area contributed by atoms with Crippen LogP contribution in [0.15, 0.2) is 107 Å². The molecule has 1 aromatic heterocycles. The van der Waals surface area contributed by atoms with Gasteiger partial charge < -0.3 is 20.2 Å². The van der Waals surface area contributed by atoms with Crippen molar-refractivity contribution in [3.05, 3.63) is 120 Å². The van der Waals surface area contributed by atoms with Gasteiger partial charge in [-0.3, -0.25) is 9.79 Å². The molecule has 0 fully saturated rings. The third-order valence-electron chi connectivity index (χ3n) is 5.82. The van der Waals surface area contributed by atoms with E-state index in [-0.39, 0.29) is 5.91 Å². The molecule has 1 heterocycles. The quantitative estimate of drug-likeness (QED) is 0.188. The molecule has 0 saturated carbocycles. The van der Waals surface area contributed by atoms with Gasteiger partial charge >= 0.3 is 0 Å². The van der Waals surface area contributed by atoms with Gasteiger partial charge in [-0.1, -0.05) is 67.2 Å². The first-order chi connectivity index (χ1) is 17.9. The number of aliphatic imine (C=N–C) groups is 1. The van der Waals surface area contributed by atoms with E-state index in [2.05, 4.69) is 21.9 Å². The smallest absolute Gasteiger partial charge is 0.251 e. The van der Waals surface area contributed by atoms with E-state index in [1.54, 1.807) is 31.4 Å². The summed E-state index contributed by atoms with van der Waals surface area (Å²) in [5, 5.41) is 2.95. The summed E-state index contributed by atoms with van der Waals surface area (Å²) in [5.74, 6) is 0.765. The van der Waals surface area contributed by atoms with Crippen molar-refractivity contribution in [2.75, 3.05) is 7.05 Å². The molecule has 7 nitrogen and oxygen atoms in total. The Morgan fingerprint density at radius 1 is 1.05 bits per heavy atom. The van der Waals surface area contributed by atoms with Gasteiger partial charge in [0, 0.05) is 30.3 Å². The average molecular weight is 495 g/mol. The fourth-order valence-corrected chi connectivity index (χ4v) is 3.98. The Morgan fingerprint density at radius 3 is 2.32 bits per heavy atom. The second-order valence-corrected chi connectivity index (χ2v) is 8.94. The van der Waals surface area contributed by atoms with Crippen molar-refractivity contribution in [2.45, 2.75) is 25.4 Å². The Labute approximate surface area is 216 Å². The number of rotatable bonds is 9. The lowest BCUT2D eigenvalue weighted by Crippen LogP contribution is -2.48. The monoisotopic (exact) mass is 494 g/mol. The number of hydrogen-bond acceptors (Lipinski definition) is 6. The molecule has 4 rings (SSSR count). The first-order valence-electron chi connectivity index (χ1n) is 11.9. The molecule has 37 heavy (non-hydrogen) atoms. The summed E-state index contributed by atoms with van der Waals surface area (Å²) in [6.07, 6.45) is 3.55. The molecule has 3 N–H and O–H groups in total. The van der Waals surface area contributed by atoms with Crippen molar-refractivity contribution in [3.8, 4) is 11.5 Å². The van der Waals surface area contributed by atoms with Crippen LogP contribution in [0.4, 0.5) is 0 Å². The highest BCUT2D eigenvalue weighted by atomic mass is 16.5. The van der Waals surface area contributed by atoms with Crippen LogP contribution >= 0.6 is 0 Å². The summed E-state index contributed by atoms with van der Waals surface area (Å²) >= 11 is 0. The van der Waals surface area contributed by atoms with E-state index >= 15 is 0 Å². The van der Waals surface area contributed by atoms with Gasteiger partial charge in [0.25, 0.3) is 5.91 Å². The fraction of sp³-hybridized carbons (Fsp3) is 0.167. The van der Waals surface area contributed by atoms with Gasteiger partial charge in [-0.2, -0.15) is 0 Å². The third kappa shape index (κ3) is 6.59. The summed E-state index contributed by atoms with van der Waals surface area (Å²) in [6.45, 7) is 6.37. The molecule has 7 heteroatoms. The normalized spacial score (nSPS) is 13.0. The number of oxazole rings is 1. The van der Waals surface area contributed by atoms with Gasteiger partial charge in [-0.05, 0) is 42.7 Å². The second-order valence-electron chi connectivity index (χ2n) is 8.94. The number of amides is 1. The molecule has 0 aliphatic carbocycles. The predicted molar refractivity (Wildman–Crippen MR) is 146 cm³/mol. The van der Waals surface area contributed by atoms with Gasteiger partial charge in [-0.15, -0.1) is 0 Å². The zero-order valence-corrected chi connectivity index (χ0v) is 21.0. The van der Waals surface area contributed by atoms with Crippen LogP contribution in [0.1, 0.15) is 34.0 Å². The van der Waals surface area contributed by atoms with Crippen molar-refractivity contribution >= 4 is 17.6 Å². The van der Waals surface area contributed by atoms with E-state index in [1.807, 2.05) is 67.6 Å². The third-order valence-corrected chi connectivity index (χ3v) is 5.82. The number of hydrogen-bond donors (Lipinski definition) is 2. The summed E-state index contributed by atoms with van der Waals surface area (Å²) < 4.78 is 11.6. The summed E-state index contributed by atoms with van der Waals surface area (Å²) in [7, 11) is 1.63. The first kappa shape index (κ1) is 25.6. The minimum absolute atomic E-state index is 0.247. The number of nitrogens with one attached hydrogen (secondary N) is 1. The Morgan fingerprint density at radius 2 is 1.70 bits per heavy atom. The molecule has 0 unspecified atom stereocenters. The molecule has 0 spiro atoms. The molecule has 4 aromatic rings. The van der Waals surface area contributed by atoms with E-state index in [9.17, 15) is 4.79 Å². The molecule has 0 saturated heterocycles. The van der Waals surface area contributed by atoms with Crippen molar-refractivity contribution in [3.63, 3.8) is 0 Å². The maximum Gasteiger partial charge on any atom is 0.251 e. The van der Waals surface area contributed by atoms with Crippen LogP contribution in [0, 0.1) is 0 Å². The van der Waals surface area contributed by atoms with Crippen LogP contribution in [0.3, 0.4) is 0 Å². The zero-order chi connectivity index (χ0) is 26.3. The number of nitrogens with two attached hydrogens (primary N) is 1. The molecule has 1 amide bonds. The Bertz CT molecular complexity index is 1380. The van der Waals surface area contributed by atoms with Crippen LogP contribution in [0.5, 0.6) is 0 Å². The highest BCUT2D eigenvalue weighted by Gasteiger charge is 2.29. The lowest BCUT2D eigenvalue weighted by molar-refractivity contribution is 0.0951. The number of ether oxygens (including phenoxy) is 1. The van der Waals surface area contributed by atoms with Crippen LogP contribution in [-0.2, 0) is 17.7 Å². The van der Waals surface area contributed by atoms with Crippen LogP contribution in [0.2, 0.25) is 0 Å². The van der Waals surface area contributed by atoms with Crippen LogP contribution in [-0.4, -0.2) is 29.4 Å². The molecular formula is C30H30N4O3. The molecule has 0 radical (unpaired) electrons. The SMILES string of the molecule is C=C(OC(=NC)[C@](C)(N)Cc1ccccc1)c1cc(C(=O)NCc2ccccc2)cc(-c2ncco2)c1. The van der Waals surface area contributed by atoms with E-state index in [1.165, 1.54) is 6.26 Å². The van der Waals surface area contributed by atoms with E-state index in [0.29, 0.717) is 47.2 Å². The van der Waals surface area contributed by atoms with E-state index < -0.39 is 5.54 Å². The second kappa shape index (κ2) is 11.5. The molecular weight excluding hydrogens is 464 g/mol. The van der Waals surface area contributed by atoms with Gasteiger partial charge in [-0.25, -0.2) is 4.98 Å². The topological polar surface area (TPSA) is 103 Å². The minimum atomic E-state index is -0.880. The minimum Gasteiger partial charge on any atom is -0.445 e. The summed E-state index contributed by atoms with van der Waals surface area (Å²) in [4.78, 5) is 21.6. The summed E-state index contributed by atoms with van der Waals surface area (Å²) in [6, 6.07) is 24.8. The Hall–Kier alpha value is -4.49. The maximum absolute atomic E-state index is 13.1. The Kier molecular flexibility index (Phi) is 7.95. The summed E-state index contributed by atoms with van der Waals surface area (Å²) in [5.41, 5.74) is 9.42. The predicted octanol–water partition coefficient (Wildman–Crippen LogP) is 5.25. The molecule has 1 atom stereocenters. The molecule has 0 aliphatic heterocycles. The molecule has 0 aliphatic rings. The molecule has 0 bridgehead atoms. The van der Waals surface area contributed by atoms with Crippen molar-refractivity contribution in [1.82, 2.24) is 10.3 Å². The average Bonchev–Trinajstić information content (AvgIpc) is 3.46. The number of aromatic nitrogens is 1. The van der Waals surface area contributed by atoms with E-state index in [0.717, 1.165) is 11.1 Å². The largest absolute Gasteiger partial charge is 0.445 e.